The van der Waals surface area contributed by atoms with Crippen LogP contribution < -0.4 is 0 Å². The Bertz CT molecular complexity index is 521. The van der Waals surface area contributed by atoms with Gasteiger partial charge in [-0.05, 0) is 31.5 Å². The van der Waals surface area contributed by atoms with Crippen LogP contribution in [0.25, 0.3) is 0 Å². The minimum atomic E-state index is -0.311. The molecule has 2 rings (SSSR count). The minimum absolute atomic E-state index is 0.0526. The van der Waals surface area contributed by atoms with Crippen LogP contribution in [0, 0.1) is 0 Å². The Hall–Kier alpha value is -1.75. The molecule has 1 heterocycles. The predicted molar refractivity (Wildman–Crippen MR) is 80.6 cm³/mol. The maximum Gasteiger partial charge on any atom is 0.409 e. The van der Waals surface area contributed by atoms with Crippen LogP contribution in [0.1, 0.15) is 23.7 Å². The molecule has 1 aromatic carbocycles. The first-order valence-corrected chi connectivity index (χ1v) is 7.46. The van der Waals surface area contributed by atoms with E-state index in [1.165, 1.54) is 0 Å². The van der Waals surface area contributed by atoms with Crippen LogP contribution in [-0.2, 0) is 4.74 Å². The lowest BCUT2D eigenvalue weighted by Gasteiger charge is -2.21. The molecule has 0 saturated carbocycles. The molecule has 1 fully saturated rings. The highest BCUT2D eigenvalue weighted by molar-refractivity contribution is 6.30. The van der Waals surface area contributed by atoms with Gasteiger partial charge < -0.3 is 14.5 Å². The first-order chi connectivity index (χ1) is 10.1. The summed E-state index contributed by atoms with van der Waals surface area (Å²) in [6.07, 6.45) is 0.431. The van der Waals surface area contributed by atoms with Crippen LogP contribution in [0.4, 0.5) is 4.79 Å². The first kappa shape index (κ1) is 15.6. The van der Waals surface area contributed by atoms with E-state index in [-0.39, 0.29) is 12.0 Å². The Morgan fingerprint density at radius 1 is 1.19 bits per heavy atom. The van der Waals surface area contributed by atoms with Gasteiger partial charge >= 0.3 is 6.09 Å². The summed E-state index contributed by atoms with van der Waals surface area (Å²) >= 11 is 5.92. The molecule has 0 atom stereocenters. The summed E-state index contributed by atoms with van der Waals surface area (Å²) in [5.74, 6) is -0.0526. The van der Waals surface area contributed by atoms with Crippen LogP contribution >= 0.6 is 11.6 Å². The number of rotatable bonds is 2. The van der Waals surface area contributed by atoms with Gasteiger partial charge in [0, 0.05) is 36.8 Å². The van der Waals surface area contributed by atoms with E-state index >= 15 is 0 Å². The Balaban J connectivity index is 1.99. The molecule has 0 aromatic heterocycles. The molecule has 6 heteroatoms. The van der Waals surface area contributed by atoms with Gasteiger partial charge in [0.1, 0.15) is 0 Å². The Morgan fingerprint density at radius 2 is 1.90 bits per heavy atom. The zero-order valence-corrected chi connectivity index (χ0v) is 12.8. The molecule has 5 nitrogen and oxygen atoms in total. The van der Waals surface area contributed by atoms with Crippen molar-refractivity contribution in [1.29, 1.82) is 0 Å². The summed E-state index contributed by atoms with van der Waals surface area (Å²) in [4.78, 5) is 27.6. The summed E-state index contributed by atoms with van der Waals surface area (Å²) in [7, 11) is 0. The number of hydrogen-bond acceptors (Lipinski definition) is 3. The van der Waals surface area contributed by atoms with E-state index in [9.17, 15) is 9.59 Å². The van der Waals surface area contributed by atoms with Gasteiger partial charge in [-0.15, -0.1) is 0 Å². The Labute approximate surface area is 129 Å². The maximum atomic E-state index is 12.4. The van der Waals surface area contributed by atoms with E-state index in [0.29, 0.717) is 43.4 Å². The summed E-state index contributed by atoms with van der Waals surface area (Å²) < 4.78 is 5.00. The average Bonchev–Trinajstić information content (AvgIpc) is 2.72. The highest BCUT2D eigenvalue weighted by atomic mass is 35.5. The fourth-order valence-corrected chi connectivity index (χ4v) is 2.51. The fourth-order valence-electron chi connectivity index (χ4n) is 2.32. The molecule has 0 radical (unpaired) electrons. The van der Waals surface area contributed by atoms with Gasteiger partial charge in [0.25, 0.3) is 5.91 Å². The third-order valence-electron chi connectivity index (χ3n) is 3.38. The molecule has 114 valence electrons. The second-order valence-electron chi connectivity index (χ2n) is 4.84. The lowest BCUT2D eigenvalue weighted by Crippen LogP contribution is -2.37. The molecule has 1 aliphatic rings. The van der Waals surface area contributed by atoms with Crippen molar-refractivity contribution in [3.8, 4) is 0 Å². The van der Waals surface area contributed by atoms with Crippen molar-refractivity contribution in [2.24, 2.45) is 0 Å². The van der Waals surface area contributed by atoms with Crippen molar-refractivity contribution in [1.82, 2.24) is 9.80 Å². The molecule has 0 aliphatic carbocycles. The number of ether oxygens (including phenoxy) is 1. The van der Waals surface area contributed by atoms with E-state index in [0.717, 1.165) is 6.42 Å². The van der Waals surface area contributed by atoms with Crippen molar-refractivity contribution in [3.63, 3.8) is 0 Å². The molecule has 0 bridgehead atoms. The lowest BCUT2D eigenvalue weighted by molar-refractivity contribution is 0.0753. The zero-order chi connectivity index (χ0) is 15.2. The minimum Gasteiger partial charge on any atom is -0.450 e. The average molecular weight is 311 g/mol. The quantitative estimate of drug-likeness (QED) is 0.844. The van der Waals surface area contributed by atoms with Crippen LogP contribution in [0.5, 0.6) is 0 Å². The van der Waals surface area contributed by atoms with Gasteiger partial charge in [0.15, 0.2) is 0 Å². The van der Waals surface area contributed by atoms with Crippen LogP contribution in [-0.4, -0.2) is 54.6 Å². The molecule has 0 spiro atoms. The van der Waals surface area contributed by atoms with Gasteiger partial charge in [-0.1, -0.05) is 17.7 Å². The molecule has 21 heavy (non-hydrogen) atoms. The summed E-state index contributed by atoms with van der Waals surface area (Å²) in [5.41, 5.74) is 0.576. The Kier molecular flexibility index (Phi) is 5.44. The number of carbonyl (C=O) groups is 2. The largest absolute Gasteiger partial charge is 0.450 e. The van der Waals surface area contributed by atoms with E-state index in [2.05, 4.69) is 0 Å². The van der Waals surface area contributed by atoms with Crippen LogP contribution in [0.15, 0.2) is 24.3 Å². The fraction of sp³-hybridized carbons (Fsp3) is 0.467. The summed E-state index contributed by atoms with van der Waals surface area (Å²) in [5, 5.41) is 0.545. The normalized spacial score (nSPS) is 15.5. The van der Waals surface area contributed by atoms with E-state index in [4.69, 9.17) is 16.3 Å². The van der Waals surface area contributed by atoms with Gasteiger partial charge in [-0.3, -0.25) is 4.79 Å². The van der Waals surface area contributed by atoms with E-state index in [1.54, 1.807) is 41.0 Å². The zero-order valence-electron chi connectivity index (χ0n) is 12.0. The topological polar surface area (TPSA) is 49.9 Å². The second-order valence-corrected chi connectivity index (χ2v) is 5.28. The predicted octanol–water partition coefficient (Wildman–Crippen LogP) is 2.64. The number of nitrogens with zero attached hydrogens (tertiary/aromatic N) is 2. The second kappa shape index (κ2) is 7.31. The monoisotopic (exact) mass is 310 g/mol. The highest BCUT2D eigenvalue weighted by Crippen LogP contribution is 2.14. The highest BCUT2D eigenvalue weighted by Gasteiger charge is 2.23. The number of amides is 2. The molecular formula is C15H19ClN2O3. The van der Waals surface area contributed by atoms with Gasteiger partial charge in [-0.25, -0.2) is 4.79 Å². The third-order valence-corrected chi connectivity index (χ3v) is 3.62. The van der Waals surface area contributed by atoms with E-state index in [1.807, 2.05) is 0 Å². The van der Waals surface area contributed by atoms with Crippen molar-refractivity contribution in [3.05, 3.63) is 34.9 Å². The molecule has 1 saturated heterocycles. The Morgan fingerprint density at radius 3 is 2.62 bits per heavy atom. The number of halogens is 1. The van der Waals surface area contributed by atoms with Gasteiger partial charge in [-0.2, -0.15) is 0 Å². The smallest absolute Gasteiger partial charge is 0.409 e. The SMILES string of the molecule is CCOC(=O)N1CCCN(C(=O)c2cccc(Cl)c2)CC1. The number of carbonyl (C=O) groups excluding carboxylic acids is 2. The molecule has 1 aliphatic heterocycles. The summed E-state index contributed by atoms with van der Waals surface area (Å²) in [6.45, 7) is 4.37. The van der Waals surface area contributed by atoms with Crippen LogP contribution in [0.2, 0.25) is 5.02 Å². The van der Waals surface area contributed by atoms with Crippen molar-refractivity contribution in [2.45, 2.75) is 13.3 Å². The molecule has 1 aromatic rings. The van der Waals surface area contributed by atoms with Gasteiger partial charge in [0.2, 0.25) is 0 Å². The standard InChI is InChI=1S/C15H19ClN2O3/c1-2-21-15(20)18-8-4-7-17(9-10-18)14(19)12-5-3-6-13(16)11-12/h3,5-6,11H,2,4,7-10H2,1H3. The maximum absolute atomic E-state index is 12.4. The van der Waals surface area contributed by atoms with Crippen molar-refractivity contribution in [2.75, 3.05) is 32.8 Å². The number of benzene rings is 1. The van der Waals surface area contributed by atoms with Gasteiger partial charge in [0.05, 0.1) is 6.61 Å². The third kappa shape index (κ3) is 4.11. The number of hydrogen-bond donors (Lipinski definition) is 0. The first-order valence-electron chi connectivity index (χ1n) is 7.08. The van der Waals surface area contributed by atoms with Crippen molar-refractivity contribution >= 4 is 23.6 Å². The molecule has 0 N–H and O–H groups in total. The van der Waals surface area contributed by atoms with Crippen molar-refractivity contribution < 1.29 is 14.3 Å². The molecular weight excluding hydrogens is 292 g/mol. The lowest BCUT2D eigenvalue weighted by atomic mass is 10.2. The van der Waals surface area contributed by atoms with E-state index < -0.39 is 0 Å². The van der Waals surface area contributed by atoms with Crippen LogP contribution in [0.3, 0.4) is 0 Å². The molecule has 0 unspecified atom stereocenters. The molecule has 2 amide bonds. The summed E-state index contributed by atoms with van der Waals surface area (Å²) in [6, 6.07) is 6.92.